The van der Waals surface area contributed by atoms with Gasteiger partial charge in [-0.15, -0.1) is 0 Å². The zero-order chi connectivity index (χ0) is 27.9. The van der Waals surface area contributed by atoms with Gasteiger partial charge in [0, 0.05) is 24.7 Å². The van der Waals surface area contributed by atoms with E-state index in [4.69, 9.17) is 14.6 Å². The summed E-state index contributed by atoms with van der Waals surface area (Å²) in [5.41, 5.74) is 0.220. The molecule has 6 aliphatic rings. The lowest BCUT2D eigenvalue weighted by Gasteiger charge is -2.37. The van der Waals surface area contributed by atoms with Crippen molar-refractivity contribution in [2.75, 3.05) is 13.2 Å². The van der Waals surface area contributed by atoms with E-state index in [1.165, 1.54) is 12.5 Å². The monoisotopic (exact) mass is 529 g/mol. The van der Waals surface area contributed by atoms with E-state index in [-0.39, 0.29) is 47.8 Å². The van der Waals surface area contributed by atoms with Crippen molar-refractivity contribution in [1.82, 2.24) is 5.32 Å². The largest absolute Gasteiger partial charge is 0.465 e. The van der Waals surface area contributed by atoms with Gasteiger partial charge >= 0.3 is 11.9 Å². The number of aliphatic hydroxyl groups is 1. The van der Waals surface area contributed by atoms with Crippen molar-refractivity contribution >= 4 is 23.8 Å². The number of rotatable bonds is 6. The number of carbonyl (C=O) groups excluding carboxylic acids is 4. The van der Waals surface area contributed by atoms with Crippen molar-refractivity contribution in [1.29, 1.82) is 0 Å². The number of carbonyl (C=O) groups is 4. The van der Waals surface area contributed by atoms with Crippen LogP contribution in [0.1, 0.15) is 72.6 Å². The van der Waals surface area contributed by atoms with Crippen molar-refractivity contribution in [2.24, 2.45) is 35.5 Å². The van der Waals surface area contributed by atoms with E-state index in [0.29, 0.717) is 48.7 Å². The SMILES string of the molecule is CC(C)(C)OC(=O)C1CC2C=CC1CC2.CCC1=CC(=O)NC1=O.O=C(OCCCO)C1CC2C=CC1C2. The van der Waals surface area contributed by atoms with Gasteiger partial charge < -0.3 is 14.6 Å². The summed E-state index contributed by atoms with van der Waals surface area (Å²) >= 11 is 0. The van der Waals surface area contributed by atoms with Crippen molar-refractivity contribution in [3.05, 3.63) is 36.0 Å². The number of hydrogen-bond acceptors (Lipinski definition) is 7. The summed E-state index contributed by atoms with van der Waals surface area (Å²) in [5.74, 6) is 1.67. The third-order valence-electron chi connectivity index (χ3n) is 7.63. The number of aliphatic hydroxyl groups excluding tert-OH is 1. The van der Waals surface area contributed by atoms with Gasteiger partial charge in [0.2, 0.25) is 0 Å². The van der Waals surface area contributed by atoms with Gasteiger partial charge in [-0.2, -0.15) is 0 Å². The maximum Gasteiger partial charge on any atom is 0.310 e. The van der Waals surface area contributed by atoms with Crippen LogP contribution in [0.25, 0.3) is 0 Å². The molecule has 4 bridgehead atoms. The Hall–Kier alpha value is -2.74. The predicted octanol–water partition coefficient (Wildman–Crippen LogP) is 4.03. The average Bonchev–Trinajstić information content (AvgIpc) is 3.60. The first-order chi connectivity index (χ1) is 18.0. The van der Waals surface area contributed by atoms with Gasteiger partial charge in [0.05, 0.1) is 18.4 Å². The number of ether oxygens (including phenoxy) is 2. The quantitative estimate of drug-likeness (QED) is 0.231. The molecule has 0 spiro atoms. The average molecular weight is 530 g/mol. The molecule has 2 amide bonds. The van der Waals surface area contributed by atoms with Gasteiger partial charge in [0.15, 0.2) is 0 Å². The Bertz CT molecular complexity index is 974. The van der Waals surface area contributed by atoms with E-state index < -0.39 is 0 Å². The van der Waals surface area contributed by atoms with E-state index in [1.54, 1.807) is 0 Å². The number of imide groups is 1. The van der Waals surface area contributed by atoms with Crippen molar-refractivity contribution in [3.8, 4) is 0 Å². The topological polar surface area (TPSA) is 119 Å². The molecule has 5 aliphatic carbocycles. The van der Waals surface area contributed by atoms with Crippen LogP contribution in [0.2, 0.25) is 0 Å². The fraction of sp³-hybridized carbons (Fsp3) is 0.667. The Morgan fingerprint density at radius 1 is 0.947 bits per heavy atom. The van der Waals surface area contributed by atoms with Crippen LogP contribution in [0.4, 0.5) is 0 Å². The summed E-state index contributed by atoms with van der Waals surface area (Å²) in [4.78, 5) is 44.5. The summed E-state index contributed by atoms with van der Waals surface area (Å²) in [6, 6.07) is 0. The molecule has 6 atom stereocenters. The molecule has 2 N–H and O–H groups in total. The molecule has 0 radical (unpaired) electrons. The maximum absolute atomic E-state index is 11.9. The number of amides is 2. The highest BCUT2D eigenvalue weighted by molar-refractivity contribution is 6.16. The highest BCUT2D eigenvalue weighted by Gasteiger charge is 2.41. The lowest BCUT2D eigenvalue weighted by molar-refractivity contribution is -0.163. The molecule has 1 heterocycles. The smallest absolute Gasteiger partial charge is 0.310 e. The molecular formula is C30H43NO7. The standard InChI is InChI=1S/C13H20O2.C11H16O3.C6H7NO2/c1-13(2,3)15-12(14)11-8-9-4-6-10(11)7-5-9;12-4-1-5-14-11(13)10-7-8-2-3-9(10)6-8;1-2-4-3-5(8)7-6(4)9/h4,6,9-11H,5,7-8H2,1-3H3;2-3,8-10,12H,1,4-7H2;3H,2H2,1H3,(H,7,8,9). The first-order valence-electron chi connectivity index (χ1n) is 13.9. The number of hydrogen-bond donors (Lipinski definition) is 2. The molecule has 8 nitrogen and oxygen atoms in total. The third-order valence-corrected chi connectivity index (χ3v) is 7.63. The second kappa shape index (κ2) is 13.4. The van der Waals surface area contributed by atoms with Crippen LogP contribution in [0.15, 0.2) is 36.0 Å². The van der Waals surface area contributed by atoms with Gasteiger partial charge in [-0.05, 0) is 83.0 Å². The predicted molar refractivity (Wildman–Crippen MR) is 142 cm³/mol. The molecule has 8 heteroatoms. The molecule has 0 aromatic heterocycles. The summed E-state index contributed by atoms with van der Waals surface area (Å²) < 4.78 is 10.5. The van der Waals surface area contributed by atoms with E-state index >= 15 is 0 Å². The molecular weight excluding hydrogens is 486 g/mol. The first-order valence-corrected chi connectivity index (χ1v) is 13.9. The van der Waals surface area contributed by atoms with Crippen LogP contribution in [0.3, 0.4) is 0 Å². The molecule has 6 rings (SSSR count). The summed E-state index contributed by atoms with van der Waals surface area (Å²) in [6.07, 6.45) is 16.8. The van der Waals surface area contributed by atoms with E-state index in [0.717, 1.165) is 25.7 Å². The fourth-order valence-electron chi connectivity index (χ4n) is 5.69. The van der Waals surface area contributed by atoms with Crippen LogP contribution in [-0.2, 0) is 28.7 Å². The first kappa shape index (κ1) is 29.8. The van der Waals surface area contributed by atoms with Gasteiger partial charge in [0.25, 0.3) is 11.8 Å². The molecule has 0 aromatic carbocycles. The second-order valence-electron chi connectivity index (χ2n) is 11.7. The molecule has 2 fully saturated rings. The fourth-order valence-corrected chi connectivity index (χ4v) is 5.69. The molecule has 0 aromatic rings. The Morgan fingerprint density at radius 2 is 1.61 bits per heavy atom. The van der Waals surface area contributed by atoms with Crippen LogP contribution >= 0.6 is 0 Å². The minimum atomic E-state index is -0.350. The lowest BCUT2D eigenvalue weighted by Crippen LogP contribution is -2.37. The van der Waals surface area contributed by atoms with Gasteiger partial charge in [0.1, 0.15) is 5.60 Å². The van der Waals surface area contributed by atoms with E-state index in [2.05, 4.69) is 29.6 Å². The van der Waals surface area contributed by atoms with Crippen LogP contribution in [0.5, 0.6) is 0 Å². The van der Waals surface area contributed by atoms with Gasteiger partial charge in [-0.1, -0.05) is 31.2 Å². The Kier molecular flexibility index (Phi) is 10.5. The molecule has 38 heavy (non-hydrogen) atoms. The molecule has 6 unspecified atom stereocenters. The normalized spacial score (nSPS) is 30.1. The molecule has 210 valence electrons. The number of esters is 2. The summed E-state index contributed by atoms with van der Waals surface area (Å²) in [6.45, 7) is 8.08. The van der Waals surface area contributed by atoms with Crippen LogP contribution < -0.4 is 5.32 Å². The Balaban J connectivity index is 0.000000163. The van der Waals surface area contributed by atoms with Gasteiger partial charge in [-0.25, -0.2) is 0 Å². The highest BCUT2D eigenvalue weighted by atomic mass is 16.6. The Labute approximate surface area is 225 Å². The third kappa shape index (κ3) is 8.38. The summed E-state index contributed by atoms with van der Waals surface area (Å²) in [7, 11) is 0. The molecule has 0 saturated heterocycles. The number of fused-ring (bicyclic) bond motifs is 4. The van der Waals surface area contributed by atoms with Crippen molar-refractivity contribution in [3.63, 3.8) is 0 Å². The van der Waals surface area contributed by atoms with E-state index in [9.17, 15) is 19.2 Å². The summed E-state index contributed by atoms with van der Waals surface area (Å²) in [5, 5.41) is 10.7. The second-order valence-corrected chi connectivity index (χ2v) is 11.7. The maximum atomic E-state index is 11.9. The molecule has 1 aliphatic heterocycles. The highest BCUT2D eigenvalue weighted by Crippen LogP contribution is 2.44. The number of nitrogens with one attached hydrogen (secondary N) is 1. The number of allylic oxidation sites excluding steroid dienone is 4. The van der Waals surface area contributed by atoms with Gasteiger partial charge in [-0.3, -0.25) is 24.5 Å². The molecule has 2 saturated carbocycles. The zero-order valence-electron chi connectivity index (χ0n) is 23.1. The van der Waals surface area contributed by atoms with E-state index in [1.807, 2.05) is 27.7 Å². The minimum absolute atomic E-state index is 0.00144. The zero-order valence-corrected chi connectivity index (χ0v) is 23.1. The minimum Gasteiger partial charge on any atom is -0.465 e. The van der Waals surface area contributed by atoms with Crippen molar-refractivity contribution < 1.29 is 33.8 Å². The lowest BCUT2D eigenvalue weighted by atomic mass is 9.69. The van der Waals surface area contributed by atoms with Crippen LogP contribution in [0, 0.1) is 35.5 Å². The van der Waals surface area contributed by atoms with Crippen LogP contribution in [-0.4, -0.2) is 47.7 Å². The Morgan fingerprint density at radius 3 is 2.03 bits per heavy atom. The van der Waals surface area contributed by atoms with Crippen molar-refractivity contribution in [2.45, 2.75) is 78.2 Å².